The van der Waals surface area contributed by atoms with Crippen molar-refractivity contribution in [1.29, 1.82) is 0 Å². The number of aromatic amines is 2. The van der Waals surface area contributed by atoms with Crippen molar-refractivity contribution in [3.05, 3.63) is 73.2 Å². The Kier molecular flexibility index (Phi) is 3.66. The lowest BCUT2D eigenvalue weighted by atomic mass is 10.1. The molecule has 31 heavy (non-hydrogen) atoms. The Morgan fingerprint density at radius 3 is 2.74 bits per heavy atom. The number of aromatic hydroxyl groups is 1. The predicted molar refractivity (Wildman–Crippen MR) is 118 cm³/mol. The molecule has 1 aromatic carbocycles. The summed E-state index contributed by atoms with van der Waals surface area (Å²) >= 11 is 0. The molecular formula is C23H17N7O. The number of pyridine rings is 2. The molecule has 5 aromatic heterocycles. The van der Waals surface area contributed by atoms with Crippen LogP contribution < -0.4 is 0 Å². The van der Waals surface area contributed by atoms with Gasteiger partial charge in [0.2, 0.25) is 0 Å². The smallest absolute Gasteiger partial charge is 0.134 e. The standard InChI is InChI=1S/C23H17N7O/c1-13-11-30(12-26-13)22-4-2-3-18-16(22)6-20(27-18)23-17-7-19(25-10-21(17)28-29-23)14-5-15(31)9-24-8-14/h2-12,27,31H,1H3,(H,28,29). The number of nitrogens with zero attached hydrogens (tertiary/aromatic N) is 5. The molecule has 5 heterocycles. The largest absolute Gasteiger partial charge is 0.506 e. The van der Waals surface area contributed by atoms with Gasteiger partial charge >= 0.3 is 0 Å². The molecule has 0 fully saturated rings. The fourth-order valence-corrected chi connectivity index (χ4v) is 3.89. The molecule has 0 atom stereocenters. The van der Waals surface area contributed by atoms with Gasteiger partial charge in [0.25, 0.3) is 0 Å². The first kappa shape index (κ1) is 17.4. The molecule has 150 valence electrons. The molecule has 8 heteroatoms. The Labute approximate surface area is 176 Å². The number of rotatable bonds is 3. The second-order valence-corrected chi connectivity index (χ2v) is 7.46. The third-order valence-corrected chi connectivity index (χ3v) is 5.35. The maximum absolute atomic E-state index is 9.76. The molecule has 0 spiro atoms. The average Bonchev–Trinajstić information content (AvgIpc) is 3.50. The number of H-pyrrole nitrogens is 2. The van der Waals surface area contributed by atoms with Crippen molar-refractivity contribution in [2.24, 2.45) is 0 Å². The lowest BCUT2D eigenvalue weighted by molar-refractivity contribution is 0.473. The molecule has 0 bridgehead atoms. The molecule has 3 N–H and O–H groups in total. The maximum Gasteiger partial charge on any atom is 0.134 e. The van der Waals surface area contributed by atoms with Crippen LogP contribution >= 0.6 is 0 Å². The van der Waals surface area contributed by atoms with Gasteiger partial charge < -0.3 is 14.7 Å². The van der Waals surface area contributed by atoms with Crippen molar-refractivity contribution in [3.63, 3.8) is 0 Å². The minimum absolute atomic E-state index is 0.102. The number of imidazole rings is 1. The minimum Gasteiger partial charge on any atom is -0.506 e. The summed E-state index contributed by atoms with van der Waals surface area (Å²) in [4.78, 5) is 16.4. The summed E-state index contributed by atoms with van der Waals surface area (Å²) in [6, 6.07) is 11.8. The third-order valence-electron chi connectivity index (χ3n) is 5.35. The highest BCUT2D eigenvalue weighted by atomic mass is 16.3. The zero-order valence-corrected chi connectivity index (χ0v) is 16.5. The number of aromatic nitrogens is 7. The Morgan fingerprint density at radius 2 is 1.90 bits per heavy atom. The van der Waals surface area contributed by atoms with Crippen molar-refractivity contribution in [2.75, 3.05) is 0 Å². The van der Waals surface area contributed by atoms with Gasteiger partial charge in [-0.3, -0.25) is 15.1 Å². The van der Waals surface area contributed by atoms with E-state index in [1.165, 1.54) is 6.20 Å². The van der Waals surface area contributed by atoms with E-state index in [2.05, 4.69) is 42.3 Å². The lowest BCUT2D eigenvalue weighted by Gasteiger charge is -2.03. The molecular weight excluding hydrogens is 390 g/mol. The van der Waals surface area contributed by atoms with E-state index >= 15 is 0 Å². The van der Waals surface area contributed by atoms with Crippen LogP contribution in [0.4, 0.5) is 0 Å². The fraction of sp³-hybridized carbons (Fsp3) is 0.0435. The highest BCUT2D eigenvalue weighted by Gasteiger charge is 2.15. The van der Waals surface area contributed by atoms with Gasteiger partial charge in [-0.2, -0.15) is 5.10 Å². The highest BCUT2D eigenvalue weighted by molar-refractivity contribution is 5.98. The van der Waals surface area contributed by atoms with E-state index in [9.17, 15) is 5.11 Å². The van der Waals surface area contributed by atoms with Crippen LogP contribution in [0.25, 0.3) is 50.1 Å². The number of fused-ring (bicyclic) bond motifs is 2. The molecule has 0 aliphatic heterocycles. The monoisotopic (exact) mass is 407 g/mol. The summed E-state index contributed by atoms with van der Waals surface area (Å²) < 4.78 is 2.02. The van der Waals surface area contributed by atoms with Gasteiger partial charge in [0.1, 0.15) is 11.4 Å². The Balaban J connectivity index is 1.51. The molecule has 8 nitrogen and oxygen atoms in total. The van der Waals surface area contributed by atoms with Gasteiger partial charge in [0, 0.05) is 34.2 Å². The predicted octanol–water partition coefficient (Wildman–Crippen LogP) is 4.37. The summed E-state index contributed by atoms with van der Waals surface area (Å²) in [5, 5.41) is 19.4. The van der Waals surface area contributed by atoms with Crippen molar-refractivity contribution in [3.8, 4) is 34.1 Å². The molecule has 0 saturated heterocycles. The number of aryl methyl sites for hydroxylation is 1. The highest BCUT2D eigenvalue weighted by Crippen LogP contribution is 2.33. The normalized spacial score (nSPS) is 11.5. The van der Waals surface area contributed by atoms with E-state index in [-0.39, 0.29) is 5.75 Å². The van der Waals surface area contributed by atoms with Crippen molar-refractivity contribution >= 4 is 21.8 Å². The van der Waals surface area contributed by atoms with Gasteiger partial charge in [-0.05, 0) is 37.3 Å². The lowest BCUT2D eigenvalue weighted by Crippen LogP contribution is -1.89. The fourth-order valence-electron chi connectivity index (χ4n) is 3.89. The second-order valence-electron chi connectivity index (χ2n) is 7.46. The molecule has 0 amide bonds. The summed E-state index contributed by atoms with van der Waals surface area (Å²) in [5.74, 6) is 0.102. The summed E-state index contributed by atoms with van der Waals surface area (Å²) in [6.07, 6.45) is 8.65. The van der Waals surface area contributed by atoms with Crippen LogP contribution in [-0.4, -0.2) is 39.8 Å². The Bertz CT molecular complexity index is 1570. The molecule has 0 aliphatic rings. The number of benzene rings is 1. The van der Waals surface area contributed by atoms with E-state index in [0.29, 0.717) is 5.69 Å². The SMILES string of the molecule is Cc1cn(-c2cccc3[nH]c(-c4n[nH]c5cnc(-c6cncc(O)c6)cc45)cc23)cn1. The molecule has 6 aromatic rings. The van der Waals surface area contributed by atoms with Gasteiger partial charge in [-0.15, -0.1) is 0 Å². The van der Waals surface area contributed by atoms with Crippen LogP contribution in [0.2, 0.25) is 0 Å². The third kappa shape index (κ3) is 2.84. The number of hydrogen-bond acceptors (Lipinski definition) is 5. The van der Waals surface area contributed by atoms with E-state index < -0.39 is 0 Å². The van der Waals surface area contributed by atoms with Crippen molar-refractivity contribution in [2.45, 2.75) is 6.92 Å². The van der Waals surface area contributed by atoms with Crippen molar-refractivity contribution in [1.82, 2.24) is 34.7 Å². The van der Waals surface area contributed by atoms with E-state index in [4.69, 9.17) is 0 Å². The maximum atomic E-state index is 9.76. The van der Waals surface area contributed by atoms with E-state index in [1.54, 1.807) is 18.5 Å². The Hall–Kier alpha value is -4.46. The van der Waals surface area contributed by atoms with Crippen molar-refractivity contribution < 1.29 is 5.11 Å². The molecule has 0 aliphatic carbocycles. The van der Waals surface area contributed by atoms with Gasteiger partial charge in [0.15, 0.2) is 0 Å². The first-order chi connectivity index (χ1) is 15.2. The van der Waals surface area contributed by atoms with Crippen LogP contribution in [0.3, 0.4) is 0 Å². The van der Waals surface area contributed by atoms with Gasteiger partial charge in [-0.25, -0.2) is 4.98 Å². The summed E-state index contributed by atoms with van der Waals surface area (Å²) in [5.41, 5.74) is 7.01. The van der Waals surface area contributed by atoms with E-state index in [1.807, 2.05) is 42.2 Å². The first-order valence-corrected chi connectivity index (χ1v) is 9.77. The zero-order valence-electron chi connectivity index (χ0n) is 16.5. The van der Waals surface area contributed by atoms with Crippen LogP contribution in [0.5, 0.6) is 5.75 Å². The molecule has 0 radical (unpaired) electrons. The molecule has 0 unspecified atom stereocenters. The van der Waals surface area contributed by atoms with Crippen LogP contribution in [0.1, 0.15) is 5.69 Å². The zero-order chi connectivity index (χ0) is 20.9. The quantitative estimate of drug-likeness (QED) is 0.404. The molecule has 0 saturated carbocycles. The van der Waals surface area contributed by atoms with E-state index in [0.717, 1.165) is 50.1 Å². The summed E-state index contributed by atoms with van der Waals surface area (Å²) in [7, 11) is 0. The topological polar surface area (TPSA) is 108 Å². The first-order valence-electron chi connectivity index (χ1n) is 9.77. The second kappa shape index (κ2) is 6.53. The van der Waals surface area contributed by atoms with Crippen LogP contribution in [0, 0.1) is 6.92 Å². The summed E-state index contributed by atoms with van der Waals surface area (Å²) in [6.45, 7) is 1.97. The van der Waals surface area contributed by atoms with Crippen LogP contribution in [0.15, 0.2) is 67.5 Å². The average molecular weight is 407 g/mol. The minimum atomic E-state index is 0.102. The Morgan fingerprint density at radius 1 is 0.968 bits per heavy atom. The van der Waals surface area contributed by atoms with Crippen LogP contribution in [-0.2, 0) is 0 Å². The van der Waals surface area contributed by atoms with Gasteiger partial charge in [-0.1, -0.05) is 6.07 Å². The van der Waals surface area contributed by atoms with Gasteiger partial charge in [0.05, 0.1) is 47.0 Å². The number of nitrogens with one attached hydrogen (secondary N) is 2. The number of hydrogen-bond donors (Lipinski definition) is 3. The molecule has 6 rings (SSSR count).